The molecule has 0 radical (unpaired) electrons. The molecule has 1 aromatic carbocycles. The lowest BCUT2D eigenvalue weighted by Gasteiger charge is -2.33. The molecule has 1 heterocycles. The summed E-state index contributed by atoms with van der Waals surface area (Å²) in [6, 6.07) is 9.20. The number of para-hydroxylation sites is 1. The van der Waals surface area contributed by atoms with Gasteiger partial charge >= 0.3 is 11.8 Å². The van der Waals surface area contributed by atoms with Gasteiger partial charge in [-0.05, 0) is 31.4 Å². The summed E-state index contributed by atoms with van der Waals surface area (Å²) in [6.07, 6.45) is 2.84. The minimum atomic E-state index is -0.498. The normalized spacial score (nSPS) is 18.1. The zero-order valence-electron chi connectivity index (χ0n) is 13.3. The fraction of sp³-hybridized carbons (Fsp3) is 0.529. The summed E-state index contributed by atoms with van der Waals surface area (Å²) in [5.74, 6) is -0.946. The van der Waals surface area contributed by atoms with Gasteiger partial charge in [-0.25, -0.2) is 0 Å². The molecule has 0 N–H and O–H groups in total. The lowest BCUT2D eigenvalue weighted by molar-refractivity contribution is -0.146. The molecule has 0 aromatic heterocycles. The quantitative estimate of drug-likeness (QED) is 0.800. The van der Waals surface area contributed by atoms with Crippen LogP contribution in [0.1, 0.15) is 26.2 Å². The van der Waals surface area contributed by atoms with E-state index in [0.717, 1.165) is 24.9 Å². The van der Waals surface area contributed by atoms with Gasteiger partial charge in [0.1, 0.15) is 0 Å². The summed E-state index contributed by atoms with van der Waals surface area (Å²) in [5, 5.41) is 0. The minimum Gasteiger partial charge on any atom is -0.376 e. The van der Waals surface area contributed by atoms with Crippen LogP contribution in [0.25, 0.3) is 0 Å². The van der Waals surface area contributed by atoms with Crippen LogP contribution in [0.4, 0.5) is 5.69 Å². The van der Waals surface area contributed by atoms with Gasteiger partial charge in [-0.2, -0.15) is 0 Å². The van der Waals surface area contributed by atoms with E-state index in [1.165, 1.54) is 4.90 Å². The molecule has 120 valence electrons. The first-order valence-corrected chi connectivity index (χ1v) is 7.87. The molecule has 22 heavy (non-hydrogen) atoms. The number of benzene rings is 1. The number of carbonyl (C=O) groups excluding carboxylic acids is 2. The van der Waals surface area contributed by atoms with Crippen LogP contribution in [0.2, 0.25) is 0 Å². The second-order valence-corrected chi connectivity index (χ2v) is 5.59. The molecule has 5 nitrogen and oxygen atoms in total. The van der Waals surface area contributed by atoms with Gasteiger partial charge in [0.2, 0.25) is 0 Å². The number of hydrogen-bond donors (Lipinski definition) is 0. The van der Waals surface area contributed by atoms with Crippen LogP contribution in [-0.4, -0.2) is 49.6 Å². The highest BCUT2D eigenvalue weighted by molar-refractivity contribution is 6.40. The predicted octanol–water partition coefficient (Wildman–Crippen LogP) is 2.07. The molecule has 5 heteroatoms. The summed E-state index contributed by atoms with van der Waals surface area (Å²) >= 11 is 0. The summed E-state index contributed by atoms with van der Waals surface area (Å²) in [6.45, 7) is 3.89. The Labute approximate surface area is 131 Å². The van der Waals surface area contributed by atoms with E-state index in [2.05, 4.69) is 6.92 Å². The molecule has 2 amide bonds. The highest BCUT2D eigenvalue weighted by Crippen LogP contribution is 2.16. The summed E-state index contributed by atoms with van der Waals surface area (Å²) in [4.78, 5) is 27.8. The van der Waals surface area contributed by atoms with Gasteiger partial charge < -0.3 is 14.5 Å². The van der Waals surface area contributed by atoms with Gasteiger partial charge in [-0.1, -0.05) is 25.1 Å². The van der Waals surface area contributed by atoms with Crippen molar-refractivity contribution in [1.82, 2.24) is 4.90 Å². The van der Waals surface area contributed by atoms with Crippen LogP contribution in [0.15, 0.2) is 30.3 Å². The van der Waals surface area contributed by atoms with E-state index in [0.29, 0.717) is 19.7 Å². The predicted molar refractivity (Wildman–Crippen MR) is 85.7 cm³/mol. The van der Waals surface area contributed by atoms with Crippen molar-refractivity contribution in [3.63, 3.8) is 0 Å². The van der Waals surface area contributed by atoms with Crippen molar-refractivity contribution in [1.29, 1.82) is 0 Å². The number of carbonyl (C=O) groups is 2. The molecule has 1 saturated heterocycles. The van der Waals surface area contributed by atoms with Gasteiger partial charge in [0.05, 0.1) is 6.10 Å². The Bertz CT molecular complexity index is 504. The molecule has 1 aliphatic rings. The van der Waals surface area contributed by atoms with E-state index in [9.17, 15) is 9.59 Å². The number of piperidine rings is 1. The van der Waals surface area contributed by atoms with Gasteiger partial charge in [-0.3, -0.25) is 9.59 Å². The van der Waals surface area contributed by atoms with Crippen LogP contribution in [0.5, 0.6) is 0 Å². The third-order valence-corrected chi connectivity index (χ3v) is 3.85. The third-order valence-electron chi connectivity index (χ3n) is 3.85. The Morgan fingerprint density at radius 3 is 2.73 bits per heavy atom. The topological polar surface area (TPSA) is 49.9 Å². The van der Waals surface area contributed by atoms with Crippen molar-refractivity contribution in [3.05, 3.63) is 30.3 Å². The molecule has 0 bridgehead atoms. The molecule has 0 unspecified atom stereocenters. The van der Waals surface area contributed by atoms with Crippen LogP contribution in [-0.2, 0) is 14.3 Å². The number of rotatable bonds is 4. The standard InChI is InChI=1S/C17H24N2O3/c1-3-12-22-15-10-7-11-19(13-15)17(21)16(20)18(2)14-8-5-4-6-9-14/h4-6,8-9,15H,3,7,10-13H2,1-2H3/t15-/m0/s1. The summed E-state index contributed by atoms with van der Waals surface area (Å²) in [7, 11) is 1.63. The van der Waals surface area contributed by atoms with Gasteiger partial charge in [0.15, 0.2) is 0 Å². The molecule has 0 saturated carbocycles. The number of amides is 2. The maximum Gasteiger partial charge on any atom is 0.316 e. The molecule has 1 aromatic rings. The molecular formula is C17H24N2O3. The van der Waals surface area contributed by atoms with E-state index in [-0.39, 0.29) is 6.10 Å². The monoisotopic (exact) mass is 304 g/mol. The Balaban J connectivity index is 1.96. The summed E-state index contributed by atoms with van der Waals surface area (Å²) < 4.78 is 5.72. The van der Waals surface area contributed by atoms with Crippen molar-refractivity contribution in [2.45, 2.75) is 32.3 Å². The van der Waals surface area contributed by atoms with Crippen molar-refractivity contribution in [2.75, 3.05) is 31.6 Å². The first-order chi connectivity index (χ1) is 10.6. The number of likely N-dealkylation sites (N-methyl/N-ethyl adjacent to an activating group) is 1. The van der Waals surface area contributed by atoms with Crippen LogP contribution < -0.4 is 4.90 Å². The number of hydrogen-bond acceptors (Lipinski definition) is 3. The fourth-order valence-corrected chi connectivity index (χ4v) is 2.59. The number of anilines is 1. The zero-order valence-corrected chi connectivity index (χ0v) is 13.3. The number of likely N-dealkylation sites (tertiary alicyclic amines) is 1. The Morgan fingerprint density at radius 1 is 1.32 bits per heavy atom. The number of ether oxygens (including phenoxy) is 1. The molecule has 1 atom stereocenters. The van der Waals surface area contributed by atoms with Gasteiger partial charge in [0.25, 0.3) is 0 Å². The zero-order chi connectivity index (χ0) is 15.9. The van der Waals surface area contributed by atoms with Crippen molar-refractivity contribution in [2.24, 2.45) is 0 Å². The molecule has 2 rings (SSSR count). The first-order valence-electron chi connectivity index (χ1n) is 7.87. The third kappa shape index (κ3) is 4.07. The van der Waals surface area contributed by atoms with Crippen LogP contribution >= 0.6 is 0 Å². The maximum absolute atomic E-state index is 12.4. The SMILES string of the molecule is CCCO[C@H]1CCCN(C(=O)C(=O)N(C)c2ccccc2)C1. The minimum absolute atomic E-state index is 0.0486. The molecule has 0 spiro atoms. The Hall–Kier alpha value is -1.88. The van der Waals surface area contributed by atoms with E-state index >= 15 is 0 Å². The summed E-state index contributed by atoms with van der Waals surface area (Å²) in [5.41, 5.74) is 0.719. The average Bonchev–Trinajstić information content (AvgIpc) is 2.59. The largest absolute Gasteiger partial charge is 0.376 e. The Kier molecular flexibility index (Phi) is 5.95. The van der Waals surface area contributed by atoms with Gasteiger partial charge in [0, 0.05) is 32.4 Å². The molecule has 1 aliphatic heterocycles. The van der Waals surface area contributed by atoms with Crippen molar-refractivity contribution < 1.29 is 14.3 Å². The van der Waals surface area contributed by atoms with E-state index in [1.54, 1.807) is 11.9 Å². The van der Waals surface area contributed by atoms with Gasteiger partial charge in [-0.15, -0.1) is 0 Å². The maximum atomic E-state index is 12.4. The molecular weight excluding hydrogens is 280 g/mol. The van der Waals surface area contributed by atoms with Crippen LogP contribution in [0.3, 0.4) is 0 Å². The van der Waals surface area contributed by atoms with Crippen molar-refractivity contribution in [3.8, 4) is 0 Å². The molecule has 1 fully saturated rings. The highest BCUT2D eigenvalue weighted by Gasteiger charge is 2.30. The smallest absolute Gasteiger partial charge is 0.316 e. The van der Waals surface area contributed by atoms with Crippen molar-refractivity contribution >= 4 is 17.5 Å². The Morgan fingerprint density at radius 2 is 2.05 bits per heavy atom. The van der Waals surface area contributed by atoms with Crippen LogP contribution in [0, 0.1) is 0 Å². The van der Waals surface area contributed by atoms with E-state index in [4.69, 9.17) is 4.74 Å². The van der Waals surface area contributed by atoms with E-state index < -0.39 is 11.8 Å². The molecule has 0 aliphatic carbocycles. The lowest BCUT2D eigenvalue weighted by Crippen LogP contribution is -2.49. The highest BCUT2D eigenvalue weighted by atomic mass is 16.5. The fourth-order valence-electron chi connectivity index (χ4n) is 2.59. The number of nitrogens with zero attached hydrogens (tertiary/aromatic N) is 2. The first kappa shape index (κ1) is 16.5. The second-order valence-electron chi connectivity index (χ2n) is 5.59. The lowest BCUT2D eigenvalue weighted by atomic mass is 10.1. The average molecular weight is 304 g/mol. The second kappa shape index (κ2) is 7.94. The van der Waals surface area contributed by atoms with E-state index in [1.807, 2.05) is 30.3 Å².